The zero-order valence-electron chi connectivity index (χ0n) is 21.8. The van der Waals surface area contributed by atoms with Gasteiger partial charge in [-0.25, -0.2) is 4.79 Å². The molecule has 0 fully saturated rings. The van der Waals surface area contributed by atoms with Gasteiger partial charge in [0.2, 0.25) is 6.79 Å². The predicted molar refractivity (Wildman–Crippen MR) is 136 cm³/mol. The number of aliphatic hydroxyl groups is 2. The van der Waals surface area contributed by atoms with Gasteiger partial charge in [0.15, 0.2) is 11.6 Å². The minimum Gasteiger partial charge on any atom is -0.490 e. The van der Waals surface area contributed by atoms with Crippen LogP contribution >= 0.6 is 0 Å². The van der Waals surface area contributed by atoms with Gasteiger partial charge in [0, 0.05) is 16.7 Å². The Hall–Kier alpha value is -4.02. The summed E-state index contributed by atoms with van der Waals surface area (Å²) in [5.74, 6) is -1.63. The Morgan fingerprint density at radius 1 is 0.711 bits per heavy atom. The maximum Gasteiger partial charge on any atom is 0.334 e. The quantitative estimate of drug-likeness (QED) is 0.123. The summed E-state index contributed by atoms with van der Waals surface area (Å²) in [5, 5.41) is 19.6. The molecule has 0 aliphatic heterocycles. The van der Waals surface area contributed by atoms with Crippen LogP contribution in [0.1, 0.15) is 54.8 Å². The molecular formula is C28H32O10. The van der Waals surface area contributed by atoms with E-state index in [2.05, 4.69) is 6.58 Å². The van der Waals surface area contributed by atoms with E-state index in [1.54, 1.807) is 12.1 Å². The molecular weight excluding hydrogens is 496 g/mol. The predicted octanol–water partition coefficient (Wildman–Crippen LogP) is 3.04. The Kier molecular flexibility index (Phi) is 10.3. The summed E-state index contributed by atoms with van der Waals surface area (Å²) in [6, 6.07) is 12.1. The van der Waals surface area contributed by atoms with Gasteiger partial charge in [0.25, 0.3) is 0 Å². The summed E-state index contributed by atoms with van der Waals surface area (Å²) in [7, 11) is 0. The van der Waals surface area contributed by atoms with Gasteiger partial charge in [-0.1, -0.05) is 6.58 Å². The number of rotatable bonds is 14. The first-order valence-electron chi connectivity index (χ1n) is 11.7. The van der Waals surface area contributed by atoms with E-state index in [0.717, 1.165) is 0 Å². The summed E-state index contributed by atoms with van der Waals surface area (Å²) in [6.07, 6.45) is -0.404. The lowest BCUT2D eigenvalue weighted by atomic mass is 9.97. The van der Waals surface area contributed by atoms with E-state index in [1.807, 2.05) is 0 Å². The van der Waals surface area contributed by atoms with Crippen molar-refractivity contribution >= 4 is 23.5 Å². The molecule has 0 unspecified atom stereocenters. The number of hydrogen-bond donors (Lipinski definition) is 2. The van der Waals surface area contributed by atoms with Gasteiger partial charge in [0.05, 0.1) is 6.42 Å². The number of carbonyl (C=O) groups is 4. The highest BCUT2D eigenvalue weighted by Gasteiger charge is 2.26. The molecule has 2 rings (SSSR count). The summed E-state index contributed by atoms with van der Waals surface area (Å²) in [4.78, 5) is 48.0. The maximum atomic E-state index is 12.0. The van der Waals surface area contributed by atoms with Crippen LogP contribution in [0.3, 0.4) is 0 Å². The first-order chi connectivity index (χ1) is 17.7. The van der Waals surface area contributed by atoms with Gasteiger partial charge in [-0.3, -0.25) is 14.4 Å². The van der Waals surface area contributed by atoms with Gasteiger partial charge < -0.3 is 29.2 Å². The molecule has 0 spiro atoms. The van der Waals surface area contributed by atoms with Crippen LogP contribution in [0.15, 0.2) is 60.7 Å². The molecule has 0 radical (unpaired) electrons. The number of ether oxygens (including phenoxy) is 4. The molecule has 0 atom stereocenters. The number of esters is 2. The topological polar surface area (TPSA) is 146 Å². The second-order valence-corrected chi connectivity index (χ2v) is 9.37. The summed E-state index contributed by atoms with van der Waals surface area (Å²) in [6.45, 7) is 8.62. The first kappa shape index (κ1) is 30.2. The van der Waals surface area contributed by atoms with Gasteiger partial charge in [0.1, 0.15) is 35.9 Å². The lowest BCUT2D eigenvalue weighted by molar-refractivity contribution is -0.151. The fraction of sp³-hybridized carbons (Fsp3) is 0.357. The average molecular weight is 529 g/mol. The maximum absolute atomic E-state index is 12.0. The standard InChI is InChI=1S/C28H32O10/c1-18(16-23(29)38-17-37-22-12-8-20(9-13-22)25(31)28(4,5)34)26(32)36-15-14-35-21-10-6-19(7-11-21)24(30)27(2,3)33/h6-13,33-34H,1,14-17H2,2-5H3. The zero-order chi connectivity index (χ0) is 28.5. The van der Waals surface area contributed by atoms with Crippen LogP contribution in [0.4, 0.5) is 0 Å². The summed E-state index contributed by atoms with van der Waals surface area (Å²) in [5.41, 5.74) is -2.45. The first-order valence-corrected chi connectivity index (χ1v) is 11.7. The van der Waals surface area contributed by atoms with E-state index in [4.69, 9.17) is 18.9 Å². The molecule has 0 aromatic heterocycles. The highest BCUT2D eigenvalue weighted by Crippen LogP contribution is 2.18. The lowest BCUT2D eigenvalue weighted by Gasteiger charge is -2.15. The van der Waals surface area contributed by atoms with E-state index in [-0.39, 0.29) is 18.8 Å². The fourth-order valence-corrected chi connectivity index (χ4v) is 2.97. The second-order valence-electron chi connectivity index (χ2n) is 9.37. The van der Waals surface area contributed by atoms with Crippen LogP contribution in [0.25, 0.3) is 0 Å². The highest BCUT2D eigenvalue weighted by molar-refractivity contribution is 6.02. The number of benzene rings is 2. The third kappa shape index (κ3) is 9.45. The Morgan fingerprint density at radius 3 is 1.61 bits per heavy atom. The van der Waals surface area contributed by atoms with Gasteiger partial charge >= 0.3 is 11.9 Å². The van der Waals surface area contributed by atoms with E-state index in [9.17, 15) is 29.4 Å². The number of carbonyl (C=O) groups excluding carboxylic acids is 4. The van der Waals surface area contributed by atoms with Crippen LogP contribution in [0, 0.1) is 0 Å². The van der Waals surface area contributed by atoms with Crippen molar-refractivity contribution in [3.05, 3.63) is 71.8 Å². The fourth-order valence-electron chi connectivity index (χ4n) is 2.97. The van der Waals surface area contributed by atoms with Crippen molar-refractivity contribution in [1.82, 2.24) is 0 Å². The largest absolute Gasteiger partial charge is 0.490 e. The molecule has 0 aliphatic carbocycles. The van der Waals surface area contributed by atoms with Crippen LogP contribution in [0.2, 0.25) is 0 Å². The Morgan fingerprint density at radius 2 is 1.16 bits per heavy atom. The molecule has 2 aromatic rings. The highest BCUT2D eigenvalue weighted by atomic mass is 16.7. The summed E-state index contributed by atoms with van der Waals surface area (Å²) < 4.78 is 20.7. The van der Waals surface area contributed by atoms with E-state index in [0.29, 0.717) is 22.6 Å². The minimum atomic E-state index is -1.50. The van der Waals surface area contributed by atoms with Crippen molar-refractivity contribution in [2.24, 2.45) is 0 Å². The molecule has 2 N–H and O–H groups in total. The van der Waals surface area contributed by atoms with Gasteiger partial charge in [-0.15, -0.1) is 0 Å². The SMILES string of the molecule is C=C(CC(=O)OCOc1ccc(C(=O)C(C)(C)O)cc1)C(=O)OCCOc1ccc(C(=O)C(C)(C)O)cc1. The van der Waals surface area contributed by atoms with Crippen molar-refractivity contribution in [3.8, 4) is 11.5 Å². The summed E-state index contributed by atoms with van der Waals surface area (Å²) >= 11 is 0. The molecule has 0 saturated carbocycles. The second kappa shape index (κ2) is 13.0. The van der Waals surface area contributed by atoms with Crippen LogP contribution in [0.5, 0.6) is 11.5 Å². The van der Waals surface area contributed by atoms with Crippen molar-refractivity contribution in [3.63, 3.8) is 0 Å². The molecule has 10 nitrogen and oxygen atoms in total. The third-order valence-electron chi connectivity index (χ3n) is 5.02. The Balaban J connectivity index is 1.66. The smallest absolute Gasteiger partial charge is 0.334 e. The zero-order valence-corrected chi connectivity index (χ0v) is 21.8. The van der Waals surface area contributed by atoms with Gasteiger partial charge in [-0.2, -0.15) is 0 Å². The molecule has 38 heavy (non-hydrogen) atoms. The Bertz CT molecular complexity index is 1150. The number of ketones is 2. The van der Waals surface area contributed by atoms with Crippen molar-refractivity contribution in [1.29, 1.82) is 0 Å². The number of Topliss-reactive ketones (excluding diaryl/α,β-unsaturated/α-hetero) is 2. The molecule has 2 aromatic carbocycles. The van der Waals surface area contributed by atoms with Crippen molar-refractivity contribution < 1.29 is 48.3 Å². The van der Waals surface area contributed by atoms with E-state index in [1.165, 1.54) is 64.1 Å². The average Bonchev–Trinajstić information content (AvgIpc) is 2.85. The van der Waals surface area contributed by atoms with E-state index >= 15 is 0 Å². The van der Waals surface area contributed by atoms with Crippen LogP contribution < -0.4 is 9.47 Å². The normalized spacial score (nSPS) is 11.3. The van der Waals surface area contributed by atoms with Crippen LogP contribution in [-0.2, 0) is 19.1 Å². The molecule has 204 valence electrons. The molecule has 0 amide bonds. The minimum absolute atomic E-state index is 0.0241. The Labute approximate surface area is 220 Å². The monoisotopic (exact) mass is 528 g/mol. The third-order valence-corrected chi connectivity index (χ3v) is 5.02. The van der Waals surface area contributed by atoms with Gasteiger partial charge in [-0.05, 0) is 76.2 Å². The molecule has 0 heterocycles. The molecule has 0 saturated heterocycles. The van der Waals surface area contributed by atoms with Crippen LogP contribution in [-0.4, -0.2) is 64.9 Å². The van der Waals surface area contributed by atoms with Crippen molar-refractivity contribution in [2.45, 2.75) is 45.3 Å². The molecule has 0 aliphatic rings. The lowest BCUT2D eigenvalue weighted by Crippen LogP contribution is -2.30. The molecule has 10 heteroatoms. The molecule has 0 bridgehead atoms. The van der Waals surface area contributed by atoms with Crippen molar-refractivity contribution in [2.75, 3.05) is 20.0 Å². The number of hydrogen-bond acceptors (Lipinski definition) is 10. The van der Waals surface area contributed by atoms with E-state index < -0.39 is 47.9 Å².